The fourth-order valence-corrected chi connectivity index (χ4v) is 2.50. The van der Waals surface area contributed by atoms with Crippen LogP contribution in [0.5, 0.6) is 5.75 Å². The minimum absolute atomic E-state index is 0.0766. The van der Waals surface area contributed by atoms with Crippen molar-refractivity contribution in [1.82, 2.24) is 15.4 Å². The molecular weight excluding hydrogens is 316 g/mol. The van der Waals surface area contributed by atoms with Crippen molar-refractivity contribution in [3.8, 4) is 5.75 Å². The highest BCUT2D eigenvalue weighted by atomic mass is 32.2. The molecule has 3 N–H and O–H groups in total. The van der Waals surface area contributed by atoms with Crippen LogP contribution < -0.4 is 20.1 Å². The number of aliphatic imine (C=N–C) groups is 1. The number of hydrogen-bond acceptors (Lipinski definition) is 4. The van der Waals surface area contributed by atoms with Crippen LogP contribution in [0, 0.1) is 6.92 Å². The molecule has 0 atom stereocenters. The molecule has 0 fully saturated rings. The molecule has 0 unspecified atom stereocenters. The van der Waals surface area contributed by atoms with Gasteiger partial charge in [0.2, 0.25) is 10.0 Å². The van der Waals surface area contributed by atoms with Crippen LogP contribution in [0.3, 0.4) is 0 Å². The fraction of sp³-hybridized carbons (Fsp3) is 0.533. The van der Waals surface area contributed by atoms with Crippen LogP contribution in [-0.2, 0) is 16.6 Å². The van der Waals surface area contributed by atoms with Crippen molar-refractivity contribution in [2.24, 2.45) is 4.99 Å². The Bertz CT molecular complexity index is 630. The summed E-state index contributed by atoms with van der Waals surface area (Å²) in [6.07, 6.45) is 0. The van der Waals surface area contributed by atoms with Crippen LogP contribution >= 0.6 is 0 Å². The van der Waals surface area contributed by atoms with Gasteiger partial charge in [-0.3, -0.25) is 4.99 Å². The maximum absolute atomic E-state index is 11.3. The first-order chi connectivity index (χ1) is 10.9. The first-order valence-corrected chi connectivity index (χ1v) is 9.12. The number of hydrogen-bond donors (Lipinski definition) is 3. The Kier molecular flexibility index (Phi) is 7.84. The molecule has 0 radical (unpaired) electrons. The number of benzene rings is 1. The zero-order valence-electron chi connectivity index (χ0n) is 14.1. The minimum Gasteiger partial charge on any atom is -0.496 e. The van der Waals surface area contributed by atoms with E-state index in [0.29, 0.717) is 25.6 Å². The molecule has 0 saturated heterocycles. The third-order valence-corrected chi connectivity index (χ3v) is 4.64. The number of guanidine groups is 1. The number of aryl methyl sites for hydroxylation is 1. The van der Waals surface area contributed by atoms with Gasteiger partial charge < -0.3 is 15.4 Å². The summed E-state index contributed by atoms with van der Waals surface area (Å²) < 4.78 is 30.5. The van der Waals surface area contributed by atoms with Crippen LogP contribution in [0.25, 0.3) is 0 Å². The zero-order chi connectivity index (χ0) is 17.3. The van der Waals surface area contributed by atoms with Crippen molar-refractivity contribution in [3.05, 3.63) is 29.3 Å². The minimum atomic E-state index is -3.16. The van der Waals surface area contributed by atoms with E-state index in [1.165, 1.54) is 0 Å². The van der Waals surface area contributed by atoms with Crippen molar-refractivity contribution in [3.63, 3.8) is 0 Å². The van der Waals surface area contributed by atoms with Gasteiger partial charge in [0.05, 0.1) is 12.9 Å². The van der Waals surface area contributed by atoms with Gasteiger partial charge in [-0.25, -0.2) is 13.1 Å². The summed E-state index contributed by atoms with van der Waals surface area (Å²) >= 11 is 0. The summed E-state index contributed by atoms with van der Waals surface area (Å²) in [5, 5.41) is 6.23. The summed E-state index contributed by atoms with van der Waals surface area (Å²) in [7, 11) is 0.149. The topological polar surface area (TPSA) is 91.8 Å². The van der Waals surface area contributed by atoms with Gasteiger partial charge in [0.15, 0.2) is 5.96 Å². The standard InChI is InChI=1S/C15H26N4O3S/c1-5-23(20,21)19-9-8-17-15(16-3)18-11-13-7-6-12(2)10-14(13)22-4/h6-7,10,19H,5,8-9,11H2,1-4H3,(H2,16,17,18). The lowest BCUT2D eigenvalue weighted by Crippen LogP contribution is -2.41. The molecule has 0 amide bonds. The monoisotopic (exact) mass is 342 g/mol. The molecule has 130 valence electrons. The van der Waals surface area contributed by atoms with Gasteiger partial charge in [0.25, 0.3) is 0 Å². The first kappa shape index (κ1) is 19.2. The Morgan fingerprint density at radius 2 is 2.00 bits per heavy atom. The molecule has 1 aromatic rings. The Morgan fingerprint density at radius 1 is 1.26 bits per heavy atom. The molecule has 0 aliphatic heterocycles. The molecule has 23 heavy (non-hydrogen) atoms. The van der Waals surface area contributed by atoms with Gasteiger partial charge in [-0.1, -0.05) is 12.1 Å². The molecule has 0 heterocycles. The average Bonchev–Trinajstić information content (AvgIpc) is 2.55. The molecule has 0 aromatic heterocycles. The summed E-state index contributed by atoms with van der Waals surface area (Å²) in [6, 6.07) is 6.01. The maximum Gasteiger partial charge on any atom is 0.211 e. The number of nitrogens with zero attached hydrogens (tertiary/aromatic N) is 1. The molecular formula is C15H26N4O3S. The van der Waals surface area contributed by atoms with Crippen LogP contribution in [0.1, 0.15) is 18.1 Å². The zero-order valence-corrected chi connectivity index (χ0v) is 15.0. The number of rotatable bonds is 8. The van der Waals surface area contributed by atoms with Crippen molar-refractivity contribution < 1.29 is 13.2 Å². The van der Waals surface area contributed by atoms with Gasteiger partial charge in [-0.15, -0.1) is 0 Å². The van der Waals surface area contributed by atoms with E-state index in [2.05, 4.69) is 20.3 Å². The SMILES string of the molecule is CCS(=O)(=O)NCCNC(=NC)NCc1ccc(C)cc1OC. The van der Waals surface area contributed by atoms with E-state index in [9.17, 15) is 8.42 Å². The predicted molar refractivity (Wildman–Crippen MR) is 93.4 cm³/mol. The van der Waals surface area contributed by atoms with Crippen molar-refractivity contribution in [2.45, 2.75) is 20.4 Å². The highest BCUT2D eigenvalue weighted by molar-refractivity contribution is 7.89. The predicted octanol–water partition coefficient (Wildman–Crippen LogP) is 0.608. The van der Waals surface area contributed by atoms with Crippen LogP contribution in [-0.4, -0.2) is 47.4 Å². The molecule has 0 aliphatic carbocycles. The lowest BCUT2D eigenvalue weighted by atomic mass is 10.1. The summed E-state index contributed by atoms with van der Waals surface area (Å²) in [4.78, 5) is 4.11. The second-order valence-electron chi connectivity index (χ2n) is 4.97. The number of nitrogens with one attached hydrogen (secondary N) is 3. The van der Waals surface area contributed by atoms with Gasteiger partial charge in [0, 0.05) is 32.2 Å². The van der Waals surface area contributed by atoms with Crippen LogP contribution in [0.2, 0.25) is 0 Å². The van der Waals surface area contributed by atoms with Gasteiger partial charge in [0.1, 0.15) is 5.75 Å². The largest absolute Gasteiger partial charge is 0.496 e. The Balaban J connectivity index is 2.46. The van der Waals surface area contributed by atoms with Crippen molar-refractivity contribution in [1.29, 1.82) is 0 Å². The Hall–Kier alpha value is -1.80. The summed E-state index contributed by atoms with van der Waals surface area (Å²) in [5.41, 5.74) is 2.16. The average molecular weight is 342 g/mol. The van der Waals surface area contributed by atoms with E-state index in [4.69, 9.17) is 4.74 Å². The number of methoxy groups -OCH3 is 1. The van der Waals surface area contributed by atoms with E-state index in [-0.39, 0.29) is 5.75 Å². The maximum atomic E-state index is 11.3. The van der Waals surface area contributed by atoms with E-state index in [1.54, 1.807) is 21.1 Å². The van der Waals surface area contributed by atoms with E-state index >= 15 is 0 Å². The van der Waals surface area contributed by atoms with Gasteiger partial charge >= 0.3 is 0 Å². The summed E-state index contributed by atoms with van der Waals surface area (Å²) in [6.45, 7) is 4.93. The molecule has 0 spiro atoms. The fourth-order valence-electron chi connectivity index (χ4n) is 1.89. The third kappa shape index (κ3) is 6.87. The molecule has 7 nitrogen and oxygen atoms in total. The van der Waals surface area contributed by atoms with E-state index < -0.39 is 10.0 Å². The van der Waals surface area contributed by atoms with E-state index in [0.717, 1.165) is 16.9 Å². The number of ether oxygens (including phenoxy) is 1. The molecule has 1 rings (SSSR count). The highest BCUT2D eigenvalue weighted by Gasteiger charge is 2.06. The molecule has 0 aliphatic rings. The highest BCUT2D eigenvalue weighted by Crippen LogP contribution is 2.19. The lowest BCUT2D eigenvalue weighted by Gasteiger charge is -2.14. The first-order valence-electron chi connectivity index (χ1n) is 7.47. The Morgan fingerprint density at radius 3 is 2.61 bits per heavy atom. The summed E-state index contributed by atoms with van der Waals surface area (Å²) in [5.74, 6) is 1.50. The molecule has 1 aromatic carbocycles. The quantitative estimate of drug-likeness (QED) is 0.366. The van der Waals surface area contributed by atoms with Gasteiger partial charge in [-0.05, 0) is 25.5 Å². The number of sulfonamides is 1. The van der Waals surface area contributed by atoms with Gasteiger partial charge in [-0.2, -0.15) is 0 Å². The second kappa shape index (κ2) is 9.36. The third-order valence-electron chi connectivity index (χ3n) is 3.23. The van der Waals surface area contributed by atoms with Crippen molar-refractivity contribution >= 4 is 16.0 Å². The van der Waals surface area contributed by atoms with Crippen molar-refractivity contribution in [2.75, 3.05) is 33.0 Å². The molecule has 8 heteroatoms. The lowest BCUT2D eigenvalue weighted by molar-refractivity contribution is 0.408. The second-order valence-corrected chi connectivity index (χ2v) is 7.06. The molecule has 0 bridgehead atoms. The smallest absolute Gasteiger partial charge is 0.211 e. The van der Waals surface area contributed by atoms with Crippen LogP contribution in [0.15, 0.2) is 23.2 Å². The molecule has 0 saturated carbocycles. The Labute approximate surface area is 138 Å². The normalized spacial score (nSPS) is 12.1. The van der Waals surface area contributed by atoms with E-state index in [1.807, 2.05) is 25.1 Å². The van der Waals surface area contributed by atoms with Crippen LogP contribution in [0.4, 0.5) is 0 Å².